The number of thiophene rings is 1. The van der Waals surface area contributed by atoms with Gasteiger partial charge in [0.05, 0.1) is 12.3 Å². The van der Waals surface area contributed by atoms with Crippen LogP contribution in [0.15, 0.2) is 29.3 Å². The molecule has 1 aromatic carbocycles. The molecule has 9 heteroatoms. The van der Waals surface area contributed by atoms with E-state index < -0.39 is 0 Å². The number of terminal acetylenes is 1. The van der Waals surface area contributed by atoms with Crippen LogP contribution < -0.4 is 0 Å². The lowest BCUT2D eigenvalue weighted by Gasteiger charge is -2.26. The van der Waals surface area contributed by atoms with Gasteiger partial charge in [0, 0.05) is 34.0 Å². The van der Waals surface area contributed by atoms with Crippen molar-refractivity contribution in [1.82, 2.24) is 19.7 Å². The number of ether oxygens (including phenoxy) is 1. The fourth-order valence-electron chi connectivity index (χ4n) is 4.31. The molecule has 0 saturated heterocycles. The molecule has 0 radical (unpaired) electrons. The minimum absolute atomic E-state index is 0.182. The van der Waals surface area contributed by atoms with Gasteiger partial charge in [0.15, 0.2) is 5.82 Å². The molecule has 1 amide bonds. The predicted octanol–water partition coefficient (Wildman–Crippen LogP) is 4.72. The maximum absolute atomic E-state index is 12.5. The Bertz CT molecular complexity index is 1320. The van der Waals surface area contributed by atoms with Gasteiger partial charge in [-0.05, 0) is 31.9 Å². The number of carbonyl (C=O) groups excluding carboxylic acids is 1. The van der Waals surface area contributed by atoms with Gasteiger partial charge >= 0.3 is 6.09 Å². The van der Waals surface area contributed by atoms with Crippen LogP contribution in [0.25, 0.3) is 5.00 Å². The van der Waals surface area contributed by atoms with Gasteiger partial charge in [-0.3, -0.25) is 9.56 Å². The molecule has 168 valence electrons. The second-order valence-corrected chi connectivity index (χ2v) is 9.49. The molecule has 1 atom stereocenters. The molecule has 5 rings (SSSR count). The highest BCUT2D eigenvalue weighted by Gasteiger charge is 2.34. The van der Waals surface area contributed by atoms with E-state index in [4.69, 9.17) is 27.8 Å². The Balaban J connectivity index is 1.62. The molecule has 7 nitrogen and oxygen atoms in total. The summed E-state index contributed by atoms with van der Waals surface area (Å²) >= 11 is 8.27. The lowest BCUT2D eigenvalue weighted by Crippen LogP contribution is -2.36. The van der Waals surface area contributed by atoms with Crippen molar-refractivity contribution >= 4 is 34.7 Å². The molecule has 0 fully saturated rings. The second kappa shape index (κ2) is 8.65. The van der Waals surface area contributed by atoms with Crippen molar-refractivity contribution in [2.24, 2.45) is 4.99 Å². The molecule has 2 aliphatic heterocycles. The zero-order valence-corrected chi connectivity index (χ0v) is 19.9. The van der Waals surface area contributed by atoms with Gasteiger partial charge < -0.3 is 9.64 Å². The molecular formula is C24H22ClN5O2S. The zero-order valence-electron chi connectivity index (χ0n) is 18.3. The molecule has 4 heterocycles. The summed E-state index contributed by atoms with van der Waals surface area (Å²) in [6.07, 6.45) is 6.02. The first kappa shape index (κ1) is 21.7. The molecule has 2 aliphatic rings. The number of hydrogen-bond donors (Lipinski definition) is 0. The Morgan fingerprint density at radius 2 is 2.18 bits per heavy atom. The van der Waals surface area contributed by atoms with Crippen LogP contribution in [-0.2, 0) is 17.7 Å². The number of benzene rings is 1. The van der Waals surface area contributed by atoms with Gasteiger partial charge in [-0.1, -0.05) is 29.8 Å². The van der Waals surface area contributed by atoms with Crippen LogP contribution >= 0.6 is 22.9 Å². The van der Waals surface area contributed by atoms with Gasteiger partial charge in [-0.25, -0.2) is 4.79 Å². The largest absolute Gasteiger partial charge is 0.448 e. The highest BCUT2D eigenvalue weighted by atomic mass is 35.5. The first-order chi connectivity index (χ1) is 16.0. The number of fused-ring (bicyclic) bond motifs is 5. The predicted molar refractivity (Wildman–Crippen MR) is 128 cm³/mol. The van der Waals surface area contributed by atoms with Gasteiger partial charge in [0.25, 0.3) is 0 Å². The second-order valence-electron chi connectivity index (χ2n) is 8.00. The molecule has 0 spiro atoms. The number of carbonyl (C=O) groups is 1. The topological polar surface area (TPSA) is 72.6 Å². The third-order valence-corrected chi connectivity index (χ3v) is 7.42. The standard InChI is InChI=1S/C24H22ClN5O2S/c1-4-5-12-32-24(31)29-11-10-17-19(13-29)33-23-20(17)21(16-8-6-7-9-18(16)25)26-14(2)22-28-27-15(3)30(22)23/h1,6-9,14H,5,10-13H2,2-3H3. The Morgan fingerprint density at radius 3 is 2.97 bits per heavy atom. The van der Waals surface area contributed by atoms with Crippen molar-refractivity contribution < 1.29 is 9.53 Å². The summed E-state index contributed by atoms with van der Waals surface area (Å²) in [6.45, 7) is 5.23. The maximum atomic E-state index is 12.5. The molecule has 1 unspecified atom stereocenters. The Hall–Kier alpha value is -3.15. The summed E-state index contributed by atoms with van der Waals surface area (Å²) in [6, 6.07) is 7.58. The summed E-state index contributed by atoms with van der Waals surface area (Å²) in [7, 11) is 0. The van der Waals surface area contributed by atoms with E-state index in [0.29, 0.717) is 31.0 Å². The van der Waals surface area contributed by atoms with Crippen molar-refractivity contribution in [3.8, 4) is 17.3 Å². The van der Waals surface area contributed by atoms with Crippen molar-refractivity contribution in [1.29, 1.82) is 0 Å². The summed E-state index contributed by atoms with van der Waals surface area (Å²) in [4.78, 5) is 20.4. The highest BCUT2D eigenvalue weighted by molar-refractivity contribution is 7.15. The van der Waals surface area contributed by atoms with Crippen LogP contribution in [0.5, 0.6) is 0 Å². The Morgan fingerprint density at radius 1 is 1.36 bits per heavy atom. The number of hydrogen-bond acceptors (Lipinski definition) is 6. The van der Waals surface area contributed by atoms with E-state index in [2.05, 4.69) is 20.7 Å². The highest BCUT2D eigenvalue weighted by Crippen LogP contribution is 2.42. The lowest BCUT2D eigenvalue weighted by atomic mass is 9.95. The van der Waals surface area contributed by atoms with Crippen molar-refractivity contribution in [2.75, 3.05) is 13.2 Å². The number of nitrogens with zero attached hydrogens (tertiary/aromatic N) is 5. The molecule has 3 aromatic rings. The van der Waals surface area contributed by atoms with Crippen LogP contribution in [0.1, 0.15) is 52.6 Å². The van der Waals surface area contributed by atoms with E-state index in [0.717, 1.165) is 38.4 Å². The van der Waals surface area contributed by atoms with E-state index in [1.165, 1.54) is 5.56 Å². The SMILES string of the molecule is C#CCCOC(=O)N1CCc2c(sc3c2C(c2ccccc2Cl)=NC(C)c2nnc(C)n2-3)C1. The number of aryl methyl sites for hydroxylation is 1. The minimum atomic E-state index is -0.339. The number of amides is 1. The lowest BCUT2D eigenvalue weighted by molar-refractivity contribution is 0.100. The number of rotatable bonds is 3. The summed E-state index contributed by atoms with van der Waals surface area (Å²) in [5.74, 6) is 4.08. The average molecular weight is 480 g/mol. The molecular weight excluding hydrogens is 458 g/mol. The molecule has 0 N–H and O–H groups in total. The van der Waals surface area contributed by atoms with Gasteiger partial charge in [0.1, 0.15) is 23.5 Å². The third-order valence-electron chi connectivity index (χ3n) is 5.88. The molecule has 0 saturated carbocycles. The van der Waals surface area contributed by atoms with Crippen LogP contribution in [0.4, 0.5) is 4.79 Å². The number of halogens is 1. The normalized spacial score (nSPS) is 16.7. The quantitative estimate of drug-likeness (QED) is 0.402. The molecule has 0 bridgehead atoms. The number of aliphatic imine (C=N–C) groups is 1. The summed E-state index contributed by atoms with van der Waals surface area (Å²) < 4.78 is 7.41. The van der Waals surface area contributed by atoms with Gasteiger partial charge in [-0.2, -0.15) is 0 Å². The fraction of sp³-hybridized carbons (Fsp3) is 0.333. The van der Waals surface area contributed by atoms with E-state index in [9.17, 15) is 4.79 Å². The molecule has 0 aliphatic carbocycles. The third kappa shape index (κ3) is 3.71. The number of aromatic nitrogens is 3. The first-order valence-electron chi connectivity index (χ1n) is 10.7. The van der Waals surface area contributed by atoms with Crippen molar-refractivity contribution in [3.05, 3.63) is 62.5 Å². The minimum Gasteiger partial charge on any atom is -0.448 e. The fourth-order valence-corrected chi connectivity index (χ4v) is 5.95. The van der Waals surface area contributed by atoms with Crippen LogP contribution in [-0.4, -0.2) is 44.6 Å². The maximum Gasteiger partial charge on any atom is 0.410 e. The van der Waals surface area contributed by atoms with E-state index in [1.54, 1.807) is 16.2 Å². The van der Waals surface area contributed by atoms with E-state index in [1.807, 2.05) is 38.1 Å². The Labute approximate surface area is 201 Å². The van der Waals surface area contributed by atoms with Crippen molar-refractivity contribution in [2.45, 2.75) is 39.3 Å². The van der Waals surface area contributed by atoms with Crippen LogP contribution in [0.3, 0.4) is 0 Å². The van der Waals surface area contributed by atoms with Crippen LogP contribution in [0.2, 0.25) is 5.02 Å². The van der Waals surface area contributed by atoms with Crippen LogP contribution in [0, 0.1) is 19.3 Å². The van der Waals surface area contributed by atoms with Gasteiger partial charge in [0.2, 0.25) is 0 Å². The first-order valence-corrected chi connectivity index (χ1v) is 11.9. The zero-order chi connectivity index (χ0) is 23.1. The average Bonchev–Trinajstić information content (AvgIpc) is 3.34. The van der Waals surface area contributed by atoms with Gasteiger partial charge in [-0.15, -0.1) is 33.9 Å². The summed E-state index contributed by atoms with van der Waals surface area (Å²) in [5.41, 5.74) is 3.99. The van der Waals surface area contributed by atoms with E-state index >= 15 is 0 Å². The monoisotopic (exact) mass is 479 g/mol. The molecule has 33 heavy (non-hydrogen) atoms. The van der Waals surface area contributed by atoms with E-state index in [-0.39, 0.29) is 18.7 Å². The summed E-state index contributed by atoms with van der Waals surface area (Å²) in [5, 5.41) is 10.4. The molecule has 2 aromatic heterocycles. The Kier molecular flexibility index (Phi) is 5.69. The van der Waals surface area contributed by atoms with Crippen molar-refractivity contribution in [3.63, 3.8) is 0 Å². The smallest absolute Gasteiger partial charge is 0.410 e.